The molecule has 0 bridgehead atoms. The van der Waals surface area contributed by atoms with Crippen molar-refractivity contribution in [2.45, 2.75) is 0 Å². The van der Waals surface area contributed by atoms with Gasteiger partial charge in [-0.15, -0.1) is 0 Å². The minimum Gasteiger partial charge on any atom is -0.545 e. The maximum Gasteiger partial charge on any atom is 0 e. The predicted molar refractivity (Wildman–Crippen MR) is 44.1 cm³/mol. The summed E-state index contributed by atoms with van der Waals surface area (Å²) in [5, 5.41) is 0. The quantitative estimate of drug-likeness (QED) is 0.275. The molecule has 0 aromatic heterocycles. The topological polar surface area (TPSA) is 134 Å². The summed E-state index contributed by atoms with van der Waals surface area (Å²) in [6, 6.07) is 0. The number of hydrogen-bond donors (Lipinski definition) is 0. The third-order valence-electron chi connectivity index (χ3n) is 0. The van der Waals surface area contributed by atoms with Gasteiger partial charge in [0.05, 0.1) is 0 Å². The van der Waals surface area contributed by atoms with Crippen LogP contribution < -0.4 is 0 Å². The summed E-state index contributed by atoms with van der Waals surface area (Å²) >= 11 is 0. The summed E-state index contributed by atoms with van der Waals surface area (Å²) in [5.74, 6) is 0. The molecule has 0 saturated heterocycles. The average molecular weight is 288 g/mol. The van der Waals surface area contributed by atoms with E-state index in [2.05, 4.69) is 40.7 Å². The normalized spacial score (nSPS) is 1.71. The molecule has 0 aliphatic carbocycles. The molecule has 0 aromatic rings. The van der Waals surface area contributed by atoms with Crippen molar-refractivity contribution in [1.82, 2.24) is 0 Å². The summed E-state index contributed by atoms with van der Waals surface area (Å²) < 4.78 is 0. The Kier molecular flexibility index (Phi) is 4230. The molecule has 0 aliphatic heterocycles. The maximum absolute atomic E-state index is 7.75. The molecule has 0 radical (unpaired) electrons. The van der Waals surface area contributed by atoms with Gasteiger partial charge >= 0.3 is 0 Å². The van der Waals surface area contributed by atoms with Crippen molar-refractivity contribution in [3.05, 3.63) is 0 Å². The van der Waals surface area contributed by atoms with E-state index < -0.39 is 0 Å². The molecule has 0 rings (SSSR count). The molecule has 0 spiro atoms. The van der Waals surface area contributed by atoms with Gasteiger partial charge in [-0.25, -0.2) is 0 Å². The molecule has 86 valence electrons. The number of rotatable bonds is 0. The molecule has 0 fully saturated rings. The van der Waals surface area contributed by atoms with Crippen LogP contribution >= 0.6 is 0 Å². The van der Waals surface area contributed by atoms with Crippen LogP contribution in [0.2, 0.25) is 0 Å². The first-order chi connectivity index (χ1) is 6.00. The number of carbonyl (C=O) groups excluding carboxylic acids is 6. The van der Waals surface area contributed by atoms with Gasteiger partial charge in [0.15, 0.2) is 0 Å². The van der Waals surface area contributed by atoms with Crippen molar-refractivity contribution in [3.63, 3.8) is 0 Å². The first-order valence-electron chi connectivity index (χ1n) is 1.41. The van der Waals surface area contributed by atoms with Crippen LogP contribution in [0.1, 0.15) is 0 Å². The Bertz CT molecular complexity index is 33.7. The van der Waals surface area contributed by atoms with Crippen LogP contribution in [0.3, 0.4) is 0 Å². The zero-order valence-corrected chi connectivity index (χ0v) is 8.83. The monoisotopic (exact) mass is 290 g/mol. The van der Waals surface area contributed by atoms with Gasteiger partial charge in [0.2, 0.25) is 0 Å². The van der Waals surface area contributed by atoms with Crippen molar-refractivity contribution < 1.29 is 55.3 Å². The molecule has 14 heavy (non-hydrogen) atoms. The Morgan fingerprint density at radius 3 is 0.357 bits per heavy atom. The van der Waals surface area contributed by atoms with Gasteiger partial charge in [0, 0.05) is 21.1 Å². The van der Waals surface area contributed by atoms with Crippen molar-refractivity contribution in [2.75, 3.05) is 0 Å². The van der Waals surface area contributed by atoms with E-state index in [0.29, 0.717) is 0 Å². The molecule has 0 aliphatic rings. The summed E-state index contributed by atoms with van der Waals surface area (Å²) in [5.41, 5.74) is 0. The van der Waals surface area contributed by atoms with Crippen molar-refractivity contribution in [1.29, 1.82) is 0 Å². The SMILES string of the molecule is O.[CH-]=O.[CH-]=O.[CH-]=O.[CH-]=O.[CH-]=O.[CH-]=O.[Mo]. The molecule has 0 heterocycles. The zero-order valence-electron chi connectivity index (χ0n) is 6.82. The van der Waals surface area contributed by atoms with Crippen molar-refractivity contribution >= 4 is 40.7 Å². The minimum absolute atomic E-state index is 0. The minimum atomic E-state index is 0. The molecule has 7 nitrogen and oxygen atoms in total. The van der Waals surface area contributed by atoms with Gasteiger partial charge in [0.25, 0.3) is 0 Å². The van der Waals surface area contributed by atoms with Gasteiger partial charge in [-0.2, -0.15) is 0 Å². The Hall–Kier alpha value is -1.33. The van der Waals surface area contributed by atoms with E-state index >= 15 is 0 Å². The standard InChI is InChI=1S/6CHO.Mo.H2O/c6*1-2;;/h6*1H;;1H2/q6*-1;;. The van der Waals surface area contributed by atoms with E-state index in [1.807, 2.05) is 0 Å². The summed E-state index contributed by atoms with van der Waals surface area (Å²) in [4.78, 5) is 46.5. The molecular formula is C6H8MoO7-6. The van der Waals surface area contributed by atoms with Crippen molar-refractivity contribution in [2.24, 2.45) is 0 Å². The number of hydrogen-bond acceptors (Lipinski definition) is 6. The smallest absolute Gasteiger partial charge is 0 e. The van der Waals surface area contributed by atoms with Gasteiger partial charge in [0.1, 0.15) is 0 Å². The molecule has 8 heteroatoms. The zero-order chi connectivity index (χ0) is 12.0. The van der Waals surface area contributed by atoms with E-state index in [1.165, 1.54) is 0 Å². The van der Waals surface area contributed by atoms with Crippen LogP contribution in [0, 0.1) is 0 Å². The summed E-state index contributed by atoms with van der Waals surface area (Å²) in [7, 11) is 0. The van der Waals surface area contributed by atoms with Crippen LogP contribution in [0.15, 0.2) is 0 Å². The molecule has 0 unspecified atom stereocenters. The summed E-state index contributed by atoms with van der Waals surface area (Å²) in [6.45, 7) is 19.5. The van der Waals surface area contributed by atoms with Crippen LogP contribution in [-0.4, -0.2) is 46.2 Å². The molecule has 2 N–H and O–H groups in total. The van der Waals surface area contributed by atoms with Gasteiger partial charge in [-0.3, -0.25) is 40.7 Å². The van der Waals surface area contributed by atoms with Crippen LogP contribution in [0.25, 0.3) is 0 Å². The molecule has 0 aromatic carbocycles. The second kappa shape index (κ2) is 749. The van der Waals surface area contributed by atoms with E-state index in [-0.39, 0.29) is 26.5 Å². The Morgan fingerprint density at radius 1 is 0.357 bits per heavy atom. The first kappa shape index (κ1) is 79.1. The van der Waals surface area contributed by atoms with E-state index in [0.717, 1.165) is 0 Å². The first-order valence-corrected chi connectivity index (χ1v) is 1.41. The van der Waals surface area contributed by atoms with E-state index in [4.69, 9.17) is 28.8 Å². The fourth-order valence-electron chi connectivity index (χ4n) is 0. The van der Waals surface area contributed by atoms with Crippen LogP contribution in [0.4, 0.5) is 0 Å². The fourth-order valence-corrected chi connectivity index (χ4v) is 0. The second-order valence-electron chi connectivity index (χ2n) is 0. The van der Waals surface area contributed by atoms with Gasteiger partial charge < -0.3 is 34.2 Å². The maximum atomic E-state index is 7.75. The Morgan fingerprint density at radius 2 is 0.357 bits per heavy atom. The largest absolute Gasteiger partial charge is 0.545 e. The third kappa shape index (κ3) is 562. The van der Waals surface area contributed by atoms with Crippen LogP contribution in [-0.2, 0) is 49.8 Å². The van der Waals surface area contributed by atoms with Gasteiger partial charge in [-0.1, -0.05) is 0 Å². The predicted octanol–water partition coefficient (Wildman–Crippen LogP) is -2.47. The Balaban J connectivity index is -0.00000000500. The van der Waals surface area contributed by atoms with Crippen LogP contribution in [0.5, 0.6) is 0 Å². The van der Waals surface area contributed by atoms with Crippen molar-refractivity contribution in [3.8, 4) is 0 Å². The molecular weight excluding hydrogens is 280 g/mol. The fraction of sp³-hybridized carbons (Fsp3) is 0. The van der Waals surface area contributed by atoms with E-state index in [1.54, 1.807) is 0 Å². The van der Waals surface area contributed by atoms with E-state index in [9.17, 15) is 0 Å². The average Bonchev–Trinajstić information content (AvgIpc) is 2.33. The Labute approximate surface area is 96.4 Å². The molecule has 0 saturated carbocycles. The summed E-state index contributed by atoms with van der Waals surface area (Å²) in [6.07, 6.45) is 0. The third-order valence-corrected chi connectivity index (χ3v) is 0. The molecule has 0 atom stereocenters. The second-order valence-corrected chi connectivity index (χ2v) is 0. The van der Waals surface area contributed by atoms with Gasteiger partial charge in [-0.05, 0) is 0 Å². The molecule has 0 amide bonds.